The smallest absolute Gasteiger partial charge is 0.228 e. The van der Waals surface area contributed by atoms with Gasteiger partial charge in [-0.1, -0.05) is 25.1 Å². The molecule has 0 aromatic heterocycles. The van der Waals surface area contributed by atoms with E-state index in [-0.39, 0.29) is 5.91 Å². The minimum atomic E-state index is 0.117. The summed E-state index contributed by atoms with van der Waals surface area (Å²) in [6.45, 7) is 2.10. The van der Waals surface area contributed by atoms with Crippen LogP contribution in [0.2, 0.25) is 0 Å². The van der Waals surface area contributed by atoms with Gasteiger partial charge >= 0.3 is 0 Å². The first-order valence-electron chi connectivity index (χ1n) is 4.22. The summed E-state index contributed by atoms with van der Waals surface area (Å²) in [4.78, 5) is 11.1. The van der Waals surface area contributed by atoms with Crippen LogP contribution in [0.3, 0.4) is 0 Å². The maximum Gasteiger partial charge on any atom is 0.228 e. The summed E-state index contributed by atoms with van der Waals surface area (Å²) in [6.07, 6.45) is 1.52. The maximum atomic E-state index is 11.1. The van der Waals surface area contributed by atoms with E-state index >= 15 is 0 Å². The standard InChI is InChI=1S/C10H11NO/c1-2-7-4-3-5-8-6-9(12)11-10(7)8/h3-5H,2,6H2,1H3,(H,11,12). The molecular weight excluding hydrogens is 150 g/mol. The number of amides is 1. The first-order chi connectivity index (χ1) is 5.81. The summed E-state index contributed by atoms with van der Waals surface area (Å²) in [5.41, 5.74) is 3.42. The van der Waals surface area contributed by atoms with Gasteiger partial charge < -0.3 is 5.32 Å². The Morgan fingerprint density at radius 3 is 3.08 bits per heavy atom. The zero-order chi connectivity index (χ0) is 8.55. The number of nitrogens with one attached hydrogen (secondary N) is 1. The van der Waals surface area contributed by atoms with E-state index in [4.69, 9.17) is 0 Å². The van der Waals surface area contributed by atoms with Crippen molar-refractivity contribution in [3.8, 4) is 0 Å². The summed E-state index contributed by atoms with van der Waals surface area (Å²) in [7, 11) is 0. The quantitative estimate of drug-likeness (QED) is 0.667. The van der Waals surface area contributed by atoms with Gasteiger partial charge in [-0.05, 0) is 17.5 Å². The second-order valence-corrected chi connectivity index (χ2v) is 3.03. The van der Waals surface area contributed by atoms with Crippen LogP contribution in [0.25, 0.3) is 0 Å². The monoisotopic (exact) mass is 161 g/mol. The third-order valence-corrected chi connectivity index (χ3v) is 2.23. The molecule has 1 aliphatic rings. The van der Waals surface area contributed by atoms with Crippen molar-refractivity contribution >= 4 is 11.6 Å². The molecule has 0 aliphatic carbocycles. The van der Waals surface area contributed by atoms with Crippen LogP contribution >= 0.6 is 0 Å². The molecule has 0 radical (unpaired) electrons. The number of carbonyl (C=O) groups is 1. The predicted octanol–water partition coefficient (Wildman–Crippen LogP) is 1.74. The highest BCUT2D eigenvalue weighted by molar-refractivity contribution is 6.00. The number of aryl methyl sites for hydroxylation is 1. The zero-order valence-corrected chi connectivity index (χ0v) is 7.05. The molecule has 12 heavy (non-hydrogen) atoms. The van der Waals surface area contributed by atoms with Crippen LogP contribution in [0.1, 0.15) is 18.1 Å². The number of fused-ring (bicyclic) bond motifs is 1. The van der Waals surface area contributed by atoms with Crippen molar-refractivity contribution in [3.05, 3.63) is 29.3 Å². The summed E-state index contributed by atoms with van der Waals surface area (Å²) >= 11 is 0. The van der Waals surface area contributed by atoms with Crippen molar-refractivity contribution in [2.75, 3.05) is 5.32 Å². The van der Waals surface area contributed by atoms with Gasteiger partial charge in [0.15, 0.2) is 0 Å². The Labute approximate surface area is 71.6 Å². The van der Waals surface area contributed by atoms with Crippen LogP contribution in [0.15, 0.2) is 18.2 Å². The Morgan fingerprint density at radius 2 is 2.33 bits per heavy atom. The van der Waals surface area contributed by atoms with E-state index in [9.17, 15) is 4.79 Å². The zero-order valence-electron chi connectivity index (χ0n) is 7.05. The lowest BCUT2D eigenvalue weighted by Crippen LogP contribution is -2.04. The molecule has 62 valence electrons. The lowest BCUT2D eigenvalue weighted by atomic mass is 10.1. The Balaban J connectivity index is 2.51. The SMILES string of the molecule is CCc1cccc2c1NC(=O)C2. The van der Waals surface area contributed by atoms with Gasteiger partial charge in [0.1, 0.15) is 0 Å². The van der Waals surface area contributed by atoms with Crippen LogP contribution in [-0.4, -0.2) is 5.91 Å². The highest BCUT2D eigenvalue weighted by Gasteiger charge is 2.18. The van der Waals surface area contributed by atoms with Gasteiger partial charge in [-0.2, -0.15) is 0 Å². The minimum absolute atomic E-state index is 0.117. The lowest BCUT2D eigenvalue weighted by molar-refractivity contribution is -0.115. The molecule has 1 N–H and O–H groups in total. The van der Waals surface area contributed by atoms with E-state index in [2.05, 4.69) is 18.3 Å². The van der Waals surface area contributed by atoms with E-state index in [0.29, 0.717) is 6.42 Å². The molecule has 0 unspecified atom stereocenters. The van der Waals surface area contributed by atoms with Crippen LogP contribution in [0, 0.1) is 0 Å². The van der Waals surface area contributed by atoms with Gasteiger partial charge in [0.2, 0.25) is 5.91 Å². The molecule has 0 atom stereocenters. The first-order valence-corrected chi connectivity index (χ1v) is 4.22. The van der Waals surface area contributed by atoms with Crippen molar-refractivity contribution in [2.45, 2.75) is 19.8 Å². The minimum Gasteiger partial charge on any atom is -0.325 e. The van der Waals surface area contributed by atoms with Crippen LogP contribution in [0.4, 0.5) is 5.69 Å². The first kappa shape index (κ1) is 7.35. The molecule has 1 aromatic carbocycles. The Hall–Kier alpha value is -1.31. The molecular formula is C10H11NO. The number of para-hydroxylation sites is 1. The third kappa shape index (κ3) is 0.998. The van der Waals surface area contributed by atoms with E-state index in [1.165, 1.54) is 5.56 Å². The van der Waals surface area contributed by atoms with E-state index in [0.717, 1.165) is 17.7 Å². The molecule has 1 aliphatic heterocycles. The van der Waals surface area contributed by atoms with E-state index < -0.39 is 0 Å². The number of rotatable bonds is 1. The second-order valence-electron chi connectivity index (χ2n) is 3.03. The number of anilines is 1. The van der Waals surface area contributed by atoms with Crippen molar-refractivity contribution in [1.29, 1.82) is 0 Å². The lowest BCUT2D eigenvalue weighted by Gasteiger charge is -2.03. The highest BCUT2D eigenvalue weighted by atomic mass is 16.1. The summed E-state index contributed by atoms with van der Waals surface area (Å²) in [5.74, 6) is 0.117. The molecule has 2 nitrogen and oxygen atoms in total. The Morgan fingerprint density at radius 1 is 1.50 bits per heavy atom. The van der Waals surface area contributed by atoms with E-state index in [1.807, 2.05) is 12.1 Å². The van der Waals surface area contributed by atoms with Gasteiger partial charge in [0.05, 0.1) is 6.42 Å². The van der Waals surface area contributed by atoms with Crippen molar-refractivity contribution in [1.82, 2.24) is 0 Å². The largest absolute Gasteiger partial charge is 0.325 e. The maximum absolute atomic E-state index is 11.1. The molecule has 0 bridgehead atoms. The fraction of sp³-hybridized carbons (Fsp3) is 0.300. The van der Waals surface area contributed by atoms with Crippen LogP contribution < -0.4 is 5.32 Å². The van der Waals surface area contributed by atoms with Gasteiger partial charge in [-0.15, -0.1) is 0 Å². The fourth-order valence-corrected chi connectivity index (χ4v) is 1.61. The summed E-state index contributed by atoms with van der Waals surface area (Å²) in [6, 6.07) is 6.08. The highest BCUT2D eigenvalue weighted by Crippen LogP contribution is 2.26. The average Bonchev–Trinajstić information content (AvgIpc) is 2.44. The van der Waals surface area contributed by atoms with Crippen molar-refractivity contribution < 1.29 is 4.79 Å². The molecule has 1 amide bonds. The second kappa shape index (κ2) is 2.63. The number of hydrogen-bond donors (Lipinski definition) is 1. The average molecular weight is 161 g/mol. The Bertz CT molecular complexity index is 331. The normalized spacial score (nSPS) is 14.2. The molecule has 1 heterocycles. The number of benzene rings is 1. The molecule has 0 fully saturated rings. The van der Waals surface area contributed by atoms with Gasteiger partial charge in [0, 0.05) is 5.69 Å². The molecule has 0 saturated heterocycles. The van der Waals surface area contributed by atoms with Crippen LogP contribution in [0.5, 0.6) is 0 Å². The van der Waals surface area contributed by atoms with Gasteiger partial charge in [0.25, 0.3) is 0 Å². The molecule has 2 rings (SSSR count). The molecule has 0 spiro atoms. The summed E-state index contributed by atoms with van der Waals surface area (Å²) in [5, 5.41) is 2.88. The predicted molar refractivity (Wildman–Crippen MR) is 48.2 cm³/mol. The molecule has 0 saturated carbocycles. The van der Waals surface area contributed by atoms with Gasteiger partial charge in [-0.3, -0.25) is 4.79 Å². The topological polar surface area (TPSA) is 29.1 Å². The Kier molecular flexibility index (Phi) is 1.61. The van der Waals surface area contributed by atoms with E-state index in [1.54, 1.807) is 0 Å². The third-order valence-electron chi connectivity index (χ3n) is 2.23. The van der Waals surface area contributed by atoms with Crippen LogP contribution in [-0.2, 0) is 17.6 Å². The molecule has 1 aromatic rings. The number of hydrogen-bond acceptors (Lipinski definition) is 1. The molecule has 2 heteroatoms. The summed E-state index contributed by atoms with van der Waals surface area (Å²) < 4.78 is 0. The fourth-order valence-electron chi connectivity index (χ4n) is 1.61. The van der Waals surface area contributed by atoms with Crippen molar-refractivity contribution in [2.24, 2.45) is 0 Å². The number of carbonyl (C=O) groups excluding carboxylic acids is 1. The van der Waals surface area contributed by atoms with Crippen molar-refractivity contribution in [3.63, 3.8) is 0 Å². The van der Waals surface area contributed by atoms with Gasteiger partial charge in [-0.25, -0.2) is 0 Å².